The van der Waals surface area contributed by atoms with Crippen LogP contribution in [0.2, 0.25) is 0 Å². The second-order valence-corrected chi connectivity index (χ2v) is 2.92. The molecule has 0 aliphatic carbocycles. The van der Waals surface area contributed by atoms with E-state index in [1.54, 1.807) is 6.26 Å². The molecular weight excluding hydrogens is 247 g/mol. The fourth-order valence-electron chi connectivity index (χ4n) is 1.17. The molecule has 0 unspecified atom stereocenters. The lowest BCUT2D eigenvalue weighted by atomic mass is 10.3. The smallest absolute Gasteiger partial charge is 0.119 e. The highest BCUT2D eigenvalue weighted by Gasteiger charge is 1.93. The topological polar surface area (TPSA) is 37.2 Å². The van der Waals surface area contributed by atoms with Gasteiger partial charge in [-0.3, -0.25) is 0 Å². The molecule has 2 N–H and O–H groups in total. The van der Waals surface area contributed by atoms with Gasteiger partial charge < -0.3 is 9.84 Å². The minimum atomic E-state index is 0. The zero-order valence-corrected chi connectivity index (χ0v) is 10.2. The van der Waals surface area contributed by atoms with Gasteiger partial charge in [0.15, 0.2) is 0 Å². The normalized spacial score (nSPS) is 8.75. The molecule has 0 atom stereocenters. The zero-order chi connectivity index (χ0) is 9.64. The maximum atomic E-state index is 5.17. The molecule has 0 aliphatic rings. The lowest BCUT2D eigenvalue weighted by Gasteiger charge is -2.05. The molecule has 0 amide bonds. The molecule has 1 aromatic carbocycles. The molecule has 88 valence electrons. The van der Waals surface area contributed by atoms with E-state index in [0.717, 1.165) is 11.4 Å². The fourth-order valence-corrected chi connectivity index (χ4v) is 1.17. The average Bonchev–Trinajstić information content (AvgIpc) is 2.72. The SMILES string of the molecule is Cl.Cl.c1ccc(NNCc2ccco2)cc1. The van der Waals surface area contributed by atoms with Crippen LogP contribution >= 0.6 is 24.8 Å². The monoisotopic (exact) mass is 260 g/mol. The standard InChI is InChI=1S/C11H12N2O.2ClH/c1-2-5-10(6-3-1)13-12-9-11-7-4-8-14-11;;/h1-8,12-13H,9H2;2*1H. The van der Waals surface area contributed by atoms with E-state index in [0.29, 0.717) is 6.54 Å². The molecule has 0 saturated heterocycles. The third-order valence-electron chi connectivity index (χ3n) is 1.85. The summed E-state index contributed by atoms with van der Waals surface area (Å²) < 4.78 is 5.17. The number of rotatable bonds is 4. The summed E-state index contributed by atoms with van der Waals surface area (Å²) in [5, 5.41) is 0. The van der Waals surface area contributed by atoms with Gasteiger partial charge in [0.1, 0.15) is 5.76 Å². The van der Waals surface area contributed by atoms with Crippen LogP contribution in [0.3, 0.4) is 0 Å². The number of benzene rings is 1. The number of hydrogen-bond acceptors (Lipinski definition) is 3. The van der Waals surface area contributed by atoms with Gasteiger partial charge in [-0.1, -0.05) is 18.2 Å². The first-order chi connectivity index (χ1) is 6.95. The molecular formula is C11H14Cl2N2O. The number of halogens is 2. The summed E-state index contributed by atoms with van der Waals surface area (Å²) in [7, 11) is 0. The summed E-state index contributed by atoms with van der Waals surface area (Å²) in [5.41, 5.74) is 7.17. The van der Waals surface area contributed by atoms with Crippen LogP contribution in [0.1, 0.15) is 5.76 Å². The lowest BCUT2D eigenvalue weighted by Crippen LogP contribution is -2.20. The van der Waals surface area contributed by atoms with Crippen LogP contribution in [-0.2, 0) is 6.54 Å². The molecule has 0 radical (unpaired) electrons. The van der Waals surface area contributed by atoms with Crippen molar-refractivity contribution in [2.45, 2.75) is 6.54 Å². The van der Waals surface area contributed by atoms with Gasteiger partial charge in [-0.15, -0.1) is 24.8 Å². The Balaban J connectivity index is 0.00000112. The molecule has 5 heteroatoms. The Morgan fingerprint density at radius 2 is 1.69 bits per heavy atom. The van der Waals surface area contributed by atoms with Gasteiger partial charge in [0.25, 0.3) is 0 Å². The summed E-state index contributed by atoms with van der Waals surface area (Å²) in [5.74, 6) is 0.911. The maximum Gasteiger partial charge on any atom is 0.119 e. The van der Waals surface area contributed by atoms with Crippen molar-refractivity contribution in [3.63, 3.8) is 0 Å². The molecule has 0 bridgehead atoms. The van der Waals surface area contributed by atoms with E-state index in [-0.39, 0.29) is 24.8 Å². The minimum absolute atomic E-state index is 0. The Bertz CT molecular complexity index is 365. The summed E-state index contributed by atoms with van der Waals surface area (Å²) in [6.45, 7) is 0.669. The van der Waals surface area contributed by atoms with Gasteiger partial charge in [-0.25, -0.2) is 5.43 Å². The molecule has 16 heavy (non-hydrogen) atoms. The van der Waals surface area contributed by atoms with Crippen molar-refractivity contribution in [1.29, 1.82) is 0 Å². The molecule has 0 spiro atoms. The number of hydrogen-bond donors (Lipinski definition) is 2. The number of furan rings is 1. The number of para-hydroxylation sites is 1. The summed E-state index contributed by atoms with van der Waals surface area (Å²) in [4.78, 5) is 0. The van der Waals surface area contributed by atoms with Gasteiger partial charge in [0.2, 0.25) is 0 Å². The van der Waals surface area contributed by atoms with Crippen LogP contribution in [0, 0.1) is 0 Å². The number of hydrazine groups is 1. The molecule has 1 aromatic heterocycles. The van der Waals surface area contributed by atoms with Crippen molar-refractivity contribution in [2.24, 2.45) is 0 Å². The van der Waals surface area contributed by atoms with Crippen LogP contribution < -0.4 is 10.9 Å². The minimum Gasteiger partial charge on any atom is -0.468 e. The Kier molecular flexibility index (Phi) is 7.46. The lowest BCUT2D eigenvalue weighted by molar-refractivity contribution is 0.494. The molecule has 2 rings (SSSR count). The van der Waals surface area contributed by atoms with Crippen molar-refractivity contribution in [1.82, 2.24) is 5.43 Å². The first-order valence-corrected chi connectivity index (χ1v) is 4.51. The Morgan fingerprint density at radius 1 is 0.938 bits per heavy atom. The van der Waals surface area contributed by atoms with Crippen LogP contribution in [0.4, 0.5) is 5.69 Å². The van der Waals surface area contributed by atoms with Gasteiger partial charge in [0, 0.05) is 5.69 Å². The van der Waals surface area contributed by atoms with E-state index < -0.39 is 0 Å². The largest absolute Gasteiger partial charge is 0.468 e. The quantitative estimate of drug-likeness (QED) is 0.829. The number of nitrogens with one attached hydrogen (secondary N) is 2. The van der Waals surface area contributed by atoms with Gasteiger partial charge in [-0.05, 0) is 24.3 Å². The van der Waals surface area contributed by atoms with Crippen LogP contribution in [0.15, 0.2) is 53.1 Å². The second kappa shape index (κ2) is 8.05. The highest BCUT2D eigenvalue weighted by atomic mass is 35.5. The van der Waals surface area contributed by atoms with Gasteiger partial charge in [0.05, 0.1) is 12.8 Å². The summed E-state index contributed by atoms with van der Waals surface area (Å²) in [6, 6.07) is 13.7. The predicted octanol–water partition coefficient (Wildman–Crippen LogP) is 3.24. The summed E-state index contributed by atoms with van der Waals surface area (Å²) >= 11 is 0. The van der Waals surface area contributed by atoms with Gasteiger partial charge in [-0.2, -0.15) is 0 Å². The molecule has 0 saturated carbocycles. The van der Waals surface area contributed by atoms with E-state index in [1.165, 1.54) is 0 Å². The Hall–Kier alpha value is -1.16. The zero-order valence-electron chi connectivity index (χ0n) is 8.55. The van der Waals surface area contributed by atoms with E-state index in [4.69, 9.17) is 4.42 Å². The van der Waals surface area contributed by atoms with E-state index in [2.05, 4.69) is 10.9 Å². The van der Waals surface area contributed by atoms with Crippen LogP contribution in [-0.4, -0.2) is 0 Å². The highest BCUT2D eigenvalue weighted by molar-refractivity contribution is 5.85. The molecule has 0 aliphatic heterocycles. The van der Waals surface area contributed by atoms with Crippen molar-refractivity contribution in [3.8, 4) is 0 Å². The second-order valence-electron chi connectivity index (χ2n) is 2.92. The third kappa shape index (κ3) is 4.57. The van der Waals surface area contributed by atoms with Crippen LogP contribution in [0.25, 0.3) is 0 Å². The highest BCUT2D eigenvalue weighted by Crippen LogP contribution is 2.03. The molecule has 0 fully saturated rings. The fraction of sp³-hybridized carbons (Fsp3) is 0.0909. The molecule has 1 heterocycles. The van der Waals surface area contributed by atoms with Crippen molar-refractivity contribution in [2.75, 3.05) is 5.43 Å². The van der Waals surface area contributed by atoms with Crippen LogP contribution in [0.5, 0.6) is 0 Å². The van der Waals surface area contributed by atoms with Crippen molar-refractivity contribution >= 4 is 30.5 Å². The molecule has 3 nitrogen and oxygen atoms in total. The first kappa shape index (κ1) is 14.8. The number of anilines is 1. The Morgan fingerprint density at radius 3 is 2.31 bits per heavy atom. The van der Waals surface area contributed by atoms with E-state index in [9.17, 15) is 0 Å². The first-order valence-electron chi connectivity index (χ1n) is 4.51. The van der Waals surface area contributed by atoms with E-state index in [1.807, 2.05) is 42.5 Å². The summed E-state index contributed by atoms with van der Waals surface area (Å²) in [6.07, 6.45) is 1.67. The third-order valence-corrected chi connectivity index (χ3v) is 1.85. The molecule has 2 aromatic rings. The Labute approximate surface area is 107 Å². The van der Waals surface area contributed by atoms with Crippen molar-refractivity contribution < 1.29 is 4.42 Å². The van der Waals surface area contributed by atoms with E-state index >= 15 is 0 Å². The maximum absolute atomic E-state index is 5.17. The van der Waals surface area contributed by atoms with Gasteiger partial charge >= 0.3 is 0 Å². The average molecular weight is 261 g/mol. The predicted molar refractivity (Wildman–Crippen MR) is 70.1 cm³/mol. The van der Waals surface area contributed by atoms with Crippen molar-refractivity contribution in [3.05, 3.63) is 54.5 Å².